The van der Waals surface area contributed by atoms with Crippen LogP contribution >= 0.6 is 11.6 Å². The lowest BCUT2D eigenvalue weighted by molar-refractivity contribution is 0.415. The quantitative estimate of drug-likeness (QED) is 0.583. The number of halogens is 1. The topological polar surface area (TPSA) is 97.3 Å². The number of methoxy groups -OCH3 is 1. The molecule has 0 radical (unpaired) electrons. The third-order valence-corrected chi connectivity index (χ3v) is 7.17. The number of nitriles is 1. The summed E-state index contributed by atoms with van der Waals surface area (Å²) in [7, 11) is -1.80. The number of rotatable bonds is 5. The number of imidazole rings is 1. The van der Waals surface area contributed by atoms with E-state index in [1.165, 1.54) is 17.7 Å². The Balaban J connectivity index is 1.82. The zero-order valence-corrected chi connectivity index (χ0v) is 18.7. The molecule has 1 atom stereocenters. The third kappa shape index (κ3) is 3.94. The highest BCUT2D eigenvalue weighted by Crippen LogP contribution is 2.29. The zero-order valence-electron chi connectivity index (χ0n) is 17.1. The average Bonchev–Trinajstić information content (AvgIpc) is 3.31. The smallest absolute Gasteiger partial charge is 0.329 e. The molecule has 1 saturated heterocycles. The Labute approximate surface area is 184 Å². The molecular weight excluding hydrogens is 440 g/mol. The molecule has 3 aromatic rings. The van der Waals surface area contributed by atoms with Gasteiger partial charge in [0.1, 0.15) is 5.75 Å². The fraction of sp³-hybridized carbons (Fsp3) is 0.333. The van der Waals surface area contributed by atoms with Gasteiger partial charge in [-0.3, -0.25) is 9.13 Å². The molecule has 1 aliphatic heterocycles. The highest BCUT2D eigenvalue weighted by molar-refractivity contribution is 7.88. The number of aromatic nitrogens is 2. The third-order valence-electron chi connectivity index (χ3n) is 5.61. The Hall–Kier alpha value is -2.80. The fourth-order valence-corrected chi connectivity index (χ4v) is 5.23. The van der Waals surface area contributed by atoms with Gasteiger partial charge in [-0.2, -0.15) is 5.26 Å². The Morgan fingerprint density at radius 3 is 2.61 bits per heavy atom. The van der Waals surface area contributed by atoms with Gasteiger partial charge in [0.05, 0.1) is 53.6 Å². The van der Waals surface area contributed by atoms with Crippen LogP contribution in [0.2, 0.25) is 5.02 Å². The predicted molar refractivity (Wildman–Crippen MR) is 118 cm³/mol. The highest BCUT2D eigenvalue weighted by atomic mass is 35.5. The van der Waals surface area contributed by atoms with E-state index in [4.69, 9.17) is 16.3 Å². The van der Waals surface area contributed by atoms with Gasteiger partial charge in [0.15, 0.2) is 0 Å². The molecular formula is C21H21ClN4O4S. The van der Waals surface area contributed by atoms with Gasteiger partial charge in [0.2, 0.25) is 10.0 Å². The first kappa shape index (κ1) is 21.4. The summed E-state index contributed by atoms with van der Waals surface area (Å²) in [6, 6.07) is 12.2. The van der Waals surface area contributed by atoms with Gasteiger partial charge in [0, 0.05) is 13.1 Å². The van der Waals surface area contributed by atoms with E-state index in [1.54, 1.807) is 39.5 Å². The predicted octanol–water partition coefficient (Wildman–Crippen LogP) is 2.59. The summed E-state index contributed by atoms with van der Waals surface area (Å²) < 4.78 is 33.7. The van der Waals surface area contributed by atoms with Crippen molar-refractivity contribution in [1.29, 1.82) is 5.26 Å². The van der Waals surface area contributed by atoms with Crippen LogP contribution in [0.5, 0.6) is 5.75 Å². The first-order chi connectivity index (χ1) is 14.7. The molecule has 0 aliphatic carbocycles. The van der Waals surface area contributed by atoms with E-state index in [2.05, 4.69) is 6.07 Å². The molecule has 31 heavy (non-hydrogen) atoms. The Kier molecular flexibility index (Phi) is 5.56. The summed E-state index contributed by atoms with van der Waals surface area (Å²) in [6.07, 6.45) is 1.72. The first-order valence-electron chi connectivity index (χ1n) is 9.65. The van der Waals surface area contributed by atoms with E-state index >= 15 is 0 Å². The summed E-state index contributed by atoms with van der Waals surface area (Å²) >= 11 is 6.25. The van der Waals surface area contributed by atoms with E-state index in [9.17, 15) is 18.5 Å². The molecule has 1 fully saturated rings. The van der Waals surface area contributed by atoms with Gasteiger partial charge in [-0.1, -0.05) is 17.7 Å². The maximum absolute atomic E-state index is 13.5. The van der Waals surface area contributed by atoms with E-state index in [1.807, 2.05) is 6.07 Å². The van der Waals surface area contributed by atoms with Crippen molar-refractivity contribution in [2.45, 2.75) is 19.0 Å². The maximum atomic E-state index is 13.5. The van der Waals surface area contributed by atoms with Gasteiger partial charge in [-0.25, -0.2) is 17.5 Å². The maximum Gasteiger partial charge on any atom is 0.329 e. The lowest BCUT2D eigenvalue weighted by Crippen LogP contribution is -2.31. The second-order valence-electron chi connectivity index (χ2n) is 7.59. The molecule has 0 spiro atoms. The van der Waals surface area contributed by atoms with Crippen LogP contribution in [0.4, 0.5) is 0 Å². The van der Waals surface area contributed by atoms with E-state index in [-0.39, 0.29) is 24.8 Å². The average molecular weight is 461 g/mol. The van der Waals surface area contributed by atoms with Crippen molar-refractivity contribution < 1.29 is 13.2 Å². The van der Waals surface area contributed by atoms with Crippen molar-refractivity contribution in [2.24, 2.45) is 0 Å². The Morgan fingerprint density at radius 2 is 2.00 bits per heavy atom. The van der Waals surface area contributed by atoms with Gasteiger partial charge >= 0.3 is 5.69 Å². The van der Waals surface area contributed by atoms with Crippen LogP contribution in [-0.4, -0.2) is 48.3 Å². The Morgan fingerprint density at radius 1 is 1.23 bits per heavy atom. The van der Waals surface area contributed by atoms with Crippen molar-refractivity contribution in [3.05, 3.63) is 63.0 Å². The van der Waals surface area contributed by atoms with E-state index < -0.39 is 10.0 Å². The number of benzene rings is 2. The molecule has 0 unspecified atom stereocenters. The van der Waals surface area contributed by atoms with Crippen LogP contribution in [-0.2, 0) is 16.6 Å². The number of nitrogens with zero attached hydrogens (tertiary/aromatic N) is 4. The summed E-state index contributed by atoms with van der Waals surface area (Å²) in [5.74, 6) is 0.541. The number of hydrogen-bond acceptors (Lipinski definition) is 5. The molecule has 4 rings (SSSR count). The minimum absolute atomic E-state index is 0.242. The van der Waals surface area contributed by atoms with Gasteiger partial charge in [-0.15, -0.1) is 0 Å². The van der Waals surface area contributed by atoms with Gasteiger partial charge in [-0.05, 0) is 42.3 Å². The molecule has 0 bridgehead atoms. The lowest BCUT2D eigenvalue weighted by atomic mass is 10.2. The minimum atomic E-state index is -3.33. The number of fused-ring (bicyclic) bond motifs is 1. The van der Waals surface area contributed by atoms with Crippen LogP contribution in [0.3, 0.4) is 0 Å². The molecule has 162 valence electrons. The standard InChI is InChI=1S/C21H21ClN4O4S/c1-30-20-6-4-15(9-17(20)22)12-25-19-10-14(11-23)3-5-18(19)26(21(25)27)16-7-8-24(13-16)31(2,28)29/h3-6,9-10,16H,7-8,12-13H2,1-2H3/t16-/m0/s1. The minimum Gasteiger partial charge on any atom is -0.495 e. The van der Waals surface area contributed by atoms with Crippen LogP contribution in [0.15, 0.2) is 41.2 Å². The SMILES string of the molecule is COc1ccc(Cn2c(=O)n([C@H]3CCN(S(C)(=O)=O)C3)c3ccc(C#N)cc32)cc1Cl. The number of sulfonamides is 1. The summed E-state index contributed by atoms with van der Waals surface area (Å²) in [4.78, 5) is 13.5. The second kappa shape index (κ2) is 8.04. The monoisotopic (exact) mass is 460 g/mol. The molecule has 2 aromatic carbocycles. The number of hydrogen-bond donors (Lipinski definition) is 0. The summed E-state index contributed by atoms with van der Waals surface area (Å²) in [5.41, 5.74) is 2.28. The summed E-state index contributed by atoms with van der Waals surface area (Å²) in [6.45, 7) is 0.864. The summed E-state index contributed by atoms with van der Waals surface area (Å²) in [5, 5.41) is 9.77. The van der Waals surface area contributed by atoms with Crippen LogP contribution in [0.1, 0.15) is 23.6 Å². The molecule has 0 saturated carbocycles. The van der Waals surface area contributed by atoms with Gasteiger partial charge < -0.3 is 4.74 Å². The fourth-order valence-electron chi connectivity index (χ4n) is 4.07. The van der Waals surface area contributed by atoms with Crippen molar-refractivity contribution in [2.75, 3.05) is 26.5 Å². The molecule has 10 heteroatoms. The Bertz CT molecular complexity index is 1370. The lowest BCUT2D eigenvalue weighted by Gasteiger charge is -2.14. The normalized spacial score (nSPS) is 17.2. The van der Waals surface area contributed by atoms with Crippen LogP contribution in [0.25, 0.3) is 11.0 Å². The van der Waals surface area contributed by atoms with Crippen LogP contribution in [0, 0.1) is 11.3 Å². The second-order valence-corrected chi connectivity index (χ2v) is 9.98. The zero-order chi connectivity index (χ0) is 22.3. The van der Waals surface area contributed by atoms with Crippen LogP contribution < -0.4 is 10.4 Å². The number of ether oxygens (including phenoxy) is 1. The molecule has 1 aromatic heterocycles. The first-order valence-corrected chi connectivity index (χ1v) is 11.9. The van der Waals surface area contributed by atoms with Crippen molar-refractivity contribution in [3.63, 3.8) is 0 Å². The molecule has 0 amide bonds. The molecule has 2 heterocycles. The van der Waals surface area contributed by atoms with Crippen molar-refractivity contribution in [1.82, 2.24) is 13.4 Å². The van der Waals surface area contributed by atoms with E-state index in [0.29, 0.717) is 40.3 Å². The van der Waals surface area contributed by atoms with Gasteiger partial charge in [0.25, 0.3) is 0 Å². The largest absolute Gasteiger partial charge is 0.495 e. The molecule has 1 aliphatic rings. The van der Waals surface area contributed by atoms with Crippen molar-refractivity contribution in [3.8, 4) is 11.8 Å². The molecule has 8 nitrogen and oxygen atoms in total. The molecule has 0 N–H and O–H groups in total. The van der Waals surface area contributed by atoms with E-state index in [0.717, 1.165) is 5.56 Å². The van der Waals surface area contributed by atoms with Crippen molar-refractivity contribution >= 4 is 32.7 Å². The highest BCUT2D eigenvalue weighted by Gasteiger charge is 2.32.